The molecule has 0 heterocycles. The zero-order valence-electron chi connectivity index (χ0n) is 14.9. The van der Waals surface area contributed by atoms with Gasteiger partial charge in [-0.05, 0) is 48.7 Å². The summed E-state index contributed by atoms with van der Waals surface area (Å²) in [6.45, 7) is 13.5. The zero-order valence-corrected chi connectivity index (χ0v) is 15.9. The van der Waals surface area contributed by atoms with Gasteiger partial charge in [0, 0.05) is 13.0 Å². The van der Waals surface area contributed by atoms with Crippen molar-refractivity contribution in [3.8, 4) is 0 Å². The summed E-state index contributed by atoms with van der Waals surface area (Å²) in [5, 5.41) is 8.83. The molecule has 0 aromatic carbocycles. The van der Waals surface area contributed by atoms with Crippen LogP contribution in [0, 0.1) is 17.8 Å². The van der Waals surface area contributed by atoms with Crippen LogP contribution in [0.15, 0.2) is 0 Å². The monoisotopic (exact) mass is 316 g/mol. The zero-order chi connectivity index (χ0) is 16.5. The Labute approximate surface area is 132 Å². The Hall–Kier alpha value is -0.353. The van der Waals surface area contributed by atoms with E-state index in [1.807, 2.05) is 0 Å². The largest absolute Gasteiger partial charge is 0.519 e. The van der Waals surface area contributed by atoms with Gasteiger partial charge >= 0.3 is 0 Å². The number of carbonyl (C=O) groups excluding carboxylic acids is 1. The fourth-order valence-corrected chi connectivity index (χ4v) is 9.08. The molecule has 0 fully saturated rings. The highest BCUT2D eigenvalue weighted by Gasteiger charge is 2.40. The molecule has 1 N–H and O–H groups in total. The Morgan fingerprint density at radius 2 is 1.33 bits per heavy atom. The van der Waals surface area contributed by atoms with Crippen molar-refractivity contribution in [2.75, 3.05) is 6.61 Å². The van der Waals surface area contributed by atoms with Crippen LogP contribution < -0.4 is 0 Å². The first-order valence-electron chi connectivity index (χ1n) is 8.53. The van der Waals surface area contributed by atoms with Crippen molar-refractivity contribution >= 4 is 14.3 Å². The topological polar surface area (TPSA) is 46.5 Å². The predicted octanol–water partition coefficient (Wildman–Crippen LogP) is 4.61. The summed E-state index contributed by atoms with van der Waals surface area (Å²) in [6.07, 6.45) is 1.86. The standard InChI is InChI=1S/C17H36O3Si/c1-14(2)11-21(12-15(3)4,13-16(5)6)20-17(19)9-7-8-10-18/h14-16,18H,7-13H2,1-6H3. The second-order valence-corrected chi connectivity index (χ2v) is 11.4. The number of rotatable bonds is 11. The summed E-state index contributed by atoms with van der Waals surface area (Å²) in [4.78, 5) is 12.2. The third-order valence-corrected chi connectivity index (χ3v) is 8.80. The van der Waals surface area contributed by atoms with Gasteiger partial charge in [-0.15, -0.1) is 0 Å². The van der Waals surface area contributed by atoms with E-state index in [0.29, 0.717) is 30.6 Å². The quantitative estimate of drug-likeness (QED) is 0.447. The van der Waals surface area contributed by atoms with Gasteiger partial charge in [0.15, 0.2) is 0 Å². The lowest BCUT2D eigenvalue weighted by Gasteiger charge is -2.35. The van der Waals surface area contributed by atoms with Gasteiger partial charge in [-0.3, -0.25) is 4.79 Å². The molecule has 0 aliphatic heterocycles. The molecule has 0 aliphatic carbocycles. The van der Waals surface area contributed by atoms with Crippen molar-refractivity contribution in [2.45, 2.75) is 78.9 Å². The van der Waals surface area contributed by atoms with E-state index in [9.17, 15) is 4.79 Å². The SMILES string of the molecule is CC(C)C[Si](CC(C)C)(CC(C)C)OC(=O)CCCCO. The fraction of sp³-hybridized carbons (Fsp3) is 0.941. The molecule has 0 aromatic rings. The minimum absolute atomic E-state index is 0.0444. The van der Waals surface area contributed by atoms with E-state index < -0.39 is 8.32 Å². The van der Waals surface area contributed by atoms with Crippen molar-refractivity contribution in [3.05, 3.63) is 0 Å². The van der Waals surface area contributed by atoms with E-state index in [1.165, 1.54) is 0 Å². The van der Waals surface area contributed by atoms with E-state index in [-0.39, 0.29) is 12.6 Å². The third-order valence-electron chi connectivity index (χ3n) is 3.46. The maximum absolute atomic E-state index is 12.2. The Morgan fingerprint density at radius 3 is 1.67 bits per heavy atom. The average molecular weight is 317 g/mol. The molecule has 3 nitrogen and oxygen atoms in total. The second-order valence-electron chi connectivity index (χ2n) is 7.63. The lowest BCUT2D eigenvalue weighted by atomic mass is 10.2. The lowest BCUT2D eigenvalue weighted by molar-refractivity contribution is -0.135. The van der Waals surface area contributed by atoms with E-state index in [0.717, 1.165) is 24.6 Å². The van der Waals surface area contributed by atoms with E-state index >= 15 is 0 Å². The molecular weight excluding hydrogens is 280 g/mol. The summed E-state index contributed by atoms with van der Waals surface area (Å²) < 4.78 is 6.14. The van der Waals surface area contributed by atoms with Gasteiger partial charge in [0.1, 0.15) is 0 Å². The molecule has 0 saturated heterocycles. The molecule has 0 aliphatic rings. The van der Waals surface area contributed by atoms with Crippen molar-refractivity contribution in [2.24, 2.45) is 17.8 Å². The van der Waals surface area contributed by atoms with Crippen molar-refractivity contribution in [3.63, 3.8) is 0 Å². The minimum Gasteiger partial charge on any atom is -0.519 e. The minimum atomic E-state index is -2.02. The van der Waals surface area contributed by atoms with Crippen LogP contribution in [0.5, 0.6) is 0 Å². The van der Waals surface area contributed by atoms with E-state index in [1.54, 1.807) is 0 Å². The van der Waals surface area contributed by atoms with Gasteiger partial charge in [0.25, 0.3) is 14.3 Å². The van der Waals surface area contributed by atoms with Crippen LogP contribution in [0.25, 0.3) is 0 Å². The molecule has 126 valence electrons. The first-order valence-corrected chi connectivity index (χ1v) is 11.1. The van der Waals surface area contributed by atoms with Gasteiger partial charge < -0.3 is 9.53 Å². The van der Waals surface area contributed by atoms with Crippen molar-refractivity contribution in [1.29, 1.82) is 0 Å². The smallest absolute Gasteiger partial charge is 0.292 e. The molecular formula is C17H36O3Si. The van der Waals surface area contributed by atoms with Gasteiger partial charge in [0.05, 0.1) is 0 Å². The van der Waals surface area contributed by atoms with Crippen molar-refractivity contribution in [1.82, 2.24) is 0 Å². The summed E-state index contributed by atoms with van der Waals surface area (Å²) in [7, 11) is -2.02. The maximum atomic E-state index is 12.2. The van der Waals surface area contributed by atoms with Crippen LogP contribution in [0.2, 0.25) is 18.1 Å². The van der Waals surface area contributed by atoms with Crippen LogP contribution in [0.4, 0.5) is 0 Å². The first-order chi connectivity index (χ1) is 9.70. The Balaban J connectivity index is 4.91. The summed E-state index contributed by atoms with van der Waals surface area (Å²) in [5.41, 5.74) is 0. The van der Waals surface area contributed by atoms with Crippen LogP contribution in [-0.4, -0.2) is 26.0 Å². The number of carbonyl (C=O) groups is 1. The lowest BCUT2D eigenvalue weighted by Crippen LogP contribution is -2.44. The van der Waals surface area contributed by atoms with Gasteiger partial charge in [-0.25, -0.2) is 0 Å². The Bertz CT molecular complexity index is 261. The molecule has 0 aromatic heterocycles. The molecule has 0 unspecified atom stereocenters. The number of aliphatic hydroxyl groups excluding tert-OH is 1. The molecule has 0 saturated carbocycles. The van der Waals surface area contributed by atoms with Gasteiger partial charge in [-0.2, -0.15) is 0 Å². The fourth-order valence-electron chi connectivity index (χ4n) is 3.28. The van der Waals surface area contributed by atoms with Crippen LogP contribution >= 0.6 is 0 Å². The van der Waals surface area contributed by atoms with Crippen molar-refractivity contribution < 1.29 is 14.3 Å². The van der Waals surface area contributed by atoms with Crippen LogP contribution in [-0.2, 0) is 9.22 Å². The first kappa shape index (κ1) is 20.6. The number of hydrogen-bond acceptors (Lipinski definition) is 3. The van der Waals surface area contributed by atoms with Gasteiger partial charge in [-0.1, -0.05) is 41.5 Å². The molecule has 0 rings (SSSR count). The van der Waals surface area contributed by atoms with Crippen LogP contribution in [0.3, 0.4) is 0 Å². The predicted molar refractivity (Wildman–Crippen MR) is 91.7 cm³/mol. The third kappa shape index (κ3) is 10.1. The summed E-state index contributed by atoms with van der Waals surface area (Å²) in [6, 6.07) is 3.19. The normalized spacial score (nSPS) is 12.5. The second kappa shape index (κ2) is 10.4. The number of aliphatic hydroxyl groups is 1. The highest BCUT2D eigenvalue weighted by molar-refractivity contribution is 6.75. The number of unbranched alkanes of at least 4 members (excludes halogenated alkanes) is 1. The highest BCUT2D eigenvalue weighted by Crippen LogP contribution is 2.33. The molecule has 21 heavy (non-hydrogen) atoms. The molecule has 0 bridgehead atoms. The van der Waals surface area contributed by atoms with Crippen LogP contribution in [0.1, 0.15) is 60.8 Å². The maximum Gasteiger partial charge on any atom is 0.292 e. The molecule has 0 radical (unpaired) electrons. The molecule has 4 heteroatoms. The Morgan fingerprint density at radius 1 is 0.905 bits per heavy atom. The molecule has 0 atom stereocenters. The summed E-state index contributed by atoms with van der Waals surface area (Å²) in [5.74, 6) is 1.66. The van der Waals surface area contributed by atoms with E-state index in [2.05, 4.69) is 41.5 Å². The van der Waals surface area contributed by atoms with E-state index in [4.69, 9.17) is 9.53 Å². The highest BCUT2D eigenvalue weighted by atomic mass is 28.4. The Kier molecular flexibility index (Phi) is 10.2. The average Bonchev–Trinajstić information content (AvgIpc) is 2.25. The molecule has 0 amide bonds. The van der Waals surface area contributed by atoms with Gasteiger partial charge in [0.2, 0.25) is 0 Å². The number of hydrogen-bond donors (Lipinski definition) is 1. The summed E-state index contributed by atoms with van der Waals surface area (Å²) >= 11 is 0. The molecule has 0 spiro atoms.